The van der Waals surface area contributed by atoms with E-state index in [1.807, 2.05) is 0 Å². The highest BCUT2D eigenvalue weighted by Gasteiger charge is 2.20. The third-order valence-corrected chi connectivity index (χ3v) is 12.1. The van der Waals surface area contributed by atoms with Crippen molar-refractivity contribution in [3.05, 3.63) is 0 Å². The molecule has 8 nitrogen and oxygen atoms in total. The number of carbonyl (C=O) groups is 2. The van der Waals surface area contributed by atoms with Crippen molar-refractivity contribution < 1.29 is 9.59 Å². The summed E-state index contributed by atoms with van der Waals surface area (Å²) in [6.07, 6.45) is 47.7. The van der Waals surface area contributed by atoms with Crippen LogP contribution in [-0.2, 0) is 9.59 Å². The third-order valence-electron chi connectivity index (χ3n) is 12.1. The first-order chi connectivity index (χ1) is 28.6. The minimum absolute atomic E-state index is 0.0637. The molecule has 8 heteroatoms. The van der Waals surface area contributed by atoms with Gasteiger partial charge in [0.1, 0.15) is 0 Å². The Balaban J connectivity index is 4.56. The predicted molar refractivity (Wildman–Crippen MR) is 255 cm³/mol. The Morgan fingerprint density at radius 3 is 1.16 bits per heavy atom. The smallest absolute Gasteiger partial charge is 0.241 e. The minimum atomic E-state index is -0.294. The van der Waals surface area contributed by atoms with E-state index in [-0.39, 0.29) is 24.4 Å². The summed E-state index contributed by atoms with van der Waals surface area (Å²) in [6, 6.07) is -0.294. The molecule has 0 rings (SSSR count). The molecule has 0 aromatic carbocycles. The van der Waals surface area contributed by atoms with Crippen LogP contribution in [0.3, 0.4) is 0 Å². The summed E-state index contributed by atoms with van der Waals surface area (Å²) in [4.78, 5) is 28.9. The molecule has 0 fully saturated rings. The number of hydrogen-bond donors (Lipinski definition) is 5. The van der Waals surface area contributed by atoms with Gasteiger partial charge in [-0.2, -0.15) is 0 Å². The topological polar surface area (TPSA) is 126 Å². The lowest BCUT2D eigenvalue weighted by molar-refractivity contribution is -0.133. The molecule has 1 unspecified atom stereocenters. The van der Waals surface area contributed by atoms with Crippen molar-refractivity contribution in [2.45, 2.75) is 257 Å². The molecule has 0 aromatic rings. The van der Waals surface area contributed by atoms with Crippen LogP contribution in [0, 0.1) is 0 Å². The fourth-order valence-corrected chi connectivity index (χ4v) is 8.12. The molecule has 0 aliphatic carbocycles. The van der Waals surface area contributed by atoms with E-state index in [9.17, 15) is 9.59 Å². The summed E-state index contributed by atoms with van der Waals surface area (Å²) >= 11 is 0. The van der Waals surface area contributed by atoms with Gasteiger partial charge < -0.3 is 32.3 Å². The molecule has 0 radical (unpaired) electrons. The van der Waals surface area contributed by atoms with E-state index in [0.29, 0.717) is 19.6 Å². The Labute approximate surface area is 362 Å². The van der Waals surface area contributed by atoms with Gasteiger partial charge in [-0.25, -0.2) is 0 Å². The first kappa shape index (κ1) is 56.8. The van der Waals surface area contributed by atoms with Gasteiger partial charge in [0.15, 0.2) is 0 Å². The minimum Gasteiger partial charge on any atom is -0.346 e. The van der Waals surface area contributed by atoms with Crippen molar-refractivity contribution in [2.24, 2.45) is 11.5 Å². The number of nitrogens with one attached hydrogen (secondary N) is 3. The number of unbranched alkanes of at least 4 members (excludes halogenated alkanes) is 31. The van der Waals surface area contributed by atoms with E-state index < -0.39 is 0 Å². The van der Waals surface area contributed by atoms with Crippen LogP contribution in [0.5, 0.6) is 0 Å². The van der Waals surface area contributed by atoms with Crippen molar-refractivity contribution >= 4 is 11.8 Å². The monoisotopic (exact) mass is 821 g/mol. The van der Waals surface area contributed by atoms with Crippen molar-refractivity contribution in [3.63, 3.8) is 0 Å². The molecule has 7 N–H and O–H groups in total. The number of nitrogens with two attached hydrogens (primary N) is 2. The summed E-state index contributed by atoms with van der Waals surface area (Å²) in [6.45, 7) is 10.2. The molecule has 346 valence electrons. The van der Waals surface area contributed by atoms with E-state index in [2.05, 4.69) is 34.7 Å². The quantitative estimate of drug-likeness (QED) is 0.0389. The Bertz CT molecular complexity index is 794. The average Bonchev–Trinajstić information content (AvgIpc) is 3.23. The summed E-state index contributed by atoms with van der Waals surface area (Å²) < 4.78 is 0. The van der Waals surface area contributed by atoms with Crippen LogP contribution in [0.2, 0.25) is 0 Å². The molecule has 0 aliphatic heterocycles. The number of nitrogens with zero attached hydrogens (tertiary/aromatic N) is 1. The van der Waals surface area contributed by atoms with E-state index >= 15 is 0 Å². The molecule has 0 heterocycles. The number of hydrogen-bond acceptors (Lipinski definition) is 6. The van der Waals surface area contributed by atoms with Gasteiger partial charge >= 0.3 is 0 Å². The fraction of sp³-hybridized carbons (Fsp3) is 0.960. The maximum absolute atomic E-state index is 13.6. The second kappa shape index (κ2) is 48.4. The zero-order valence-electron chi connectivity index (χ0n) is 39.3. The molecule has 0 spiro atoms. The molecule has 2 amide bonds. The molecule has 0 saturated heterocycles. The first-order valence-electron chi connectivity index (χ1n) is 26.0. The van der Waals surface area contributed by atoms with Crippen molar-refractivity contribution in [2.75, 3.05) is 52.4 Å². The van der Waals surface area contributed by atoms with Gasteiger partial charge in [0, 0.05) is 13.1 Å². The van der Waals surface area contributed by atoms with Gasteiger partial charge in [-0.1, -0.05) is 213 Å². The molecule has 58 heavy (non-hydrogen) atoms. The van der Waals surface area contributed by atoms with Crippen LogP contribution in [0.25, 0.3) is 0 Å². The Morgan fingerprint density at radius 2 is 0.776 bits per heavy atom. The van der Waals surface area contributed by atoms with Crippen molar-refractivity contribution in [3.8, 4) is 0 Å². The van der Waals surface area contributed by atoms with E-state index in [1.54, 1.807) is 0 Å². The zero-order chi connectivity index (χ0) is 42.3. The van der Waals surface area contributed by atoms with Crippen molar-refractivity contribution in [1.82, 2.24) is 20.9 Å². The maximum Gasteiger partial charge on any atom is 0.241 e. The Morgan fingerprint density at radius 1 is 0.431 bits per heavy atom. The molecule has 0 bridgehead atoms. The second-order valence-electron chi connectivity index (χ2n) is 17.7. The Kier molecular flexibility index (Phi) is 47.4. The molecule has 1 atom stereocenters. The van der Waals surface area contributed by atoms with Gasteiger partial charge in [-0.15, -0.1) is 0 Å². The molecular formula is C50H104N6O2. The second-order valence-corrected chi connectivity index (χ2v) is 17.7. The highest BCUT2D eigenvalue weighted by molar-refractivity contribution is 5.87. The average molecular weight is 821 g/mol. The SMILES string of the molecule is CCCCCCCCCCCCCCCCCCN(CCCCCCCCCCCCCCCCCC)C(=O)CNC(=O)C(CCCCNCCCN)NCCCN. The zero-order valence-corrected chi connectivity index (χ0v) is 39.3. The Hall–Kier alpha value is -1.22. The van der Waals surface area contributed by atoms with Gasteiger partial charge in [-0.3, -0.25) is 9.59 Å². The number of rotatable bonds is 49. The summed E-state index contributed by atoms with van der Waals surface area (Å²) in [5.41, 5.74) is 11.3. The van der Waals surface area contributed by atoms with Gasteiger partial charge in [-0.05, 0) is 71.2 Å². The lowest BCUT2D eigenvalue weighted by atomic mass is 10.0. The van der Waals surface area contributed by atoms with Gasteiger partial charge in [0.25, 0.3) is 0 Å². The number of amides is 2. The van der Waals surface area contributed by atoms with Crippen LogP contribution >= 0.6 is 0 Å². The first-order valence-corrected chi connectivity index (χ1v) is 26.0. The van der Waals surface area contributed by atoms with Crippen LogP contribution in [0.1, 0.15) is 251 Å². The van der Waals surface area contributed by atoms with Crippen LogP contribution < -0.4 is 27.4 Å². The number of carbonyl (C=O) groups excluding carboxylic acids is 2. The highest BCUT2D eigenvalue weighted by Crippen LogP contribution is 2.16. The van der Waals surface area contributed by atoms with Crippen LogP contribution in [-0.4, -0.2) is 75.1 Å². The summed E-state index contributed by atoms with van der Waals surface area (Å²) in [7, 11) is 0. The lowest BCUT2D eigenvalue weighted by Crippen LogP contribution is -2.48. The van der Waals surface area contributed by atoms with Gasteiger partial charge in [0.2, 0.25) is 11.8 Å². The standard InChI is InChI=1S/C50H104N6O2/c1-3-5-7-9-11-13-15-17-19-21-23-25-27-29-31-35-45-56(46-36-32-30-28-26-24-22-20-18-16-14-12-10-8-6-4-2)49(57)47-55-50(58)48(54-44-38-41-52)39-33-34-42-53-43-37-40-51/h48,53-54H,3-47,51-52H2,1-2H3,(H,55,58). The third kappa shape index (κ3) is 41.5. The van der Waals surface area contributed by atoms with Crippen LogP contribution in [0.4, 0.5) is 0 Å². The molecular weight excluding hydrogens is 717 g/mol. The summed E-state index contributed by atoms with van der Waals surface area (Å²) in [5, 5.41) is 9.84. The van der Waals surface area contributed by atoms with E-state index in [4.69, 9.17) is 11.5 Å². The lowest BCUT2D eigenvalue weighted by Gasteiger charge is -2.24. The highest BCUT2D eigenvalue weighted by atomic mass is 16.2. The van der Waals surface area contributed by atoms with Crippen molar-refractivity contribution in [1.29, 1.82) is 0 Å². The van der Waals surface area contributed by atoms with E-state index in [1.165, 1.54) is 193 Å². The van der Waals surface area contributed by atoms with Crippen LogP contribution in [0.15, 0.2) is 0 Å². The maximum atomic E-state index is 13.6. The molecule has 0 aromatic heterocycles. The molecule has 0 saturated carbocycles. The fourth-order valence-electron chi connectivity index (χ4n) is 8.12. The largest absolute Gasteiger partial charge is 0.346 e. The van der Waals surface area contributed by atoms with E-state index in [0.717, 1.165) is 71.1 Å². The predicted octanol–water partition coefficient (Wildman–Crippen LogP) is 11.9. The normalized spacial score (nSPS) is 12.0. The summed E-state index contributed by atoms with van der Waals surface area (Å²) in [5.74, 6) is 0.00584. The van der Waals surface area contributed by atoms with Gasteiger partial charge in [0.05, 0.1) is 12.6 Å². The molecule has 0 aliphatic rings.